The molecule has 0 aromatic carbocycles. The van der Waals surface area contributed by atoms with E-state index in [0.717, 1.165) is 23.9 Å². The minimum atomic E-state index is -0.815. The van der Waals surface area contributed by atoms with Crippen molar-refractivity contribution in [2.24, 2.45) is 0 Å². The van der Waals surface area contributed by atoms with Crippen LogP contribution in [0.5, 0.6) is 0 Å². The first kappa shape index (κ1) is 12.2. The molecule has 0 aromatic rings. The third-order valence-corrected chi connectivity index (χ3v) is 1.82. The van der Waals surface area contributed by atoms with E-state index in [1.807, 2.05) is 0 Å². The van der Waals surface area contributed by atoms with Gasteiger partial charge < -0.3 is 9.59 Å². The van der Waals surface area contributed by atoms with E-state index in [4.69, 9.17) is 5.11 Å². The number of unbranched alkanes of at least 4 members (excludes halogenated alkanes) is 1. The van der Waals surface area contributed by atoms with Gasteiger partial charge in [-0.05, 0) is 13.3 Å². The molecule has 3 heteroatoms. The lowest BCUT2D eigenvalue weighted by Crippen LogP contribution is -2.35. The number of hydrogen-bond acceptors (Lipinski definition) is 1. The third kappa shape index (κ3) is 7.53. The molecule has 76 valence electrons. The number of carboxylic acids is 1. The lowest BCUT2D eigenvalue weighted by Gasteiger charge is -2.23. The maximum Gasteiger partial charge on any atom is 0.330 e. The molecule has 0 aliphatic carbocycles. The Labute approximate surface area is 80.3 Å². The molecule has 0 atom stereocenters. The Morgan fingerprint density at radius 2 is 1.92 bits per heavy atom. The molecule has 0 aliphatic rings. The summed E-state index contributed by atoms with van der Waals surface area (Å²) in [5.41, 5.74) is 0.446. The molecule has 0 bridgehead atoms. The number of nitrogens with zero attached hydrogens (tertiary/aromatic N) is 1. The summed E-state index contributed by atoms with van der Waals surface area (Å²) < 4.78 is 0.931. The van der Waals surface area contributed by atoms with Crippen molar-refractivity contribution in [3.63, 3.8) is 0 Å². The SMILES string of the molecule is CC(=CCCC[N+](C)(C)C)C(=O)O. The molecule has 3 nitrogen and oxygen atoms in total. The molecule has 0 heterocycles. The molecule has 0 saturated carbocycles. The van der Waals surface area contributed by atoms with Crippen LogP contribution in [0.3, 0.4) is 0 Å². The Kier molecular flexibility index (Phi) is 4.70. The van der Waals surface area contributed by atoms with Gasteiger partial charge in [-0.1, -0.05) is 6.08 Å². The topological polar surface area (TPSA) is 37.3 Å². The number of hydrogen-bond donors (Lipinski definition) is 1. The van der Waals surface area contributed by atoms with Crippen molar-refractivity contribution in [2.45, 2.75) is 19.8 Å². The number of carboxylic acid groups (broad SMARTS) is 1. The van der Waals surface area contributed by atoms with Gasteiger partial charge in [0, 0.05) is 12.0 Å². The smallest absolute Gasteiger partial charge is 0.330 e. The van der Waals surface area contributed by atoms with Gasteiger partial charge in [-0.2, -0.15) is 0 Å². The van der Waals surface area contributed by atoms with Gasteiger partial charge in [0.25, 0.3) is 0 Å². The predicted octanol–water partition coefficient (Wildman–Crippen LogP) is 1.50. The largest absolute Gasteiger partial charge is 0.478 e. The van der Waals surface area contributed by atoms with Crippen LogP contribution in [-0.2, 0) is 4.79 Å². The van der Waals surface area contributed by atoms with Crippen LogP contribution in [0, 0.1) is 0 Å². The van der Waals surface area contributed by atoms with E-state index in [1.165, 1.54) is 0 Å². The summed E-state index contributed by atoms with van der Waals surface area (Å²) in [5, 5.41) is 8.57. The molecular weight excluding hydrogens is 166 g/mol. The first-order valence-electron chi connectivity index (χ1n) is 4.53. The van der Waals surface area contributed by atoms with Crippen molar-refractivity contribution < 1.29 is 14.4 Å². The third-order valence-electron chi connectivity index (χ3n) is 1.82. The summed E-state index contributed by atoms with van der Waals surface area (Å²) in [6.07, 6.45) is 3.68. The zero-order valence-electron chi connectivity index (χ0n) is 9.00. The molecule has 13 heavy (non-hydrogen) atoms. The van der Waals surface area contributed by atoms with Crippen molar-refractivity contribution >= 4 is 5.97 Å². The minimum absolute atomic E-state index is 0.446. The summed E-state index contributed by atoms with van der Waals surface area (Å²) in [5.74, 6) is -0.815. The number of aliphatic carboxylic acids is 1. The molecule has 0 aliphatic heterocycles. The van der Waals surface area contributed by atoms with Crippen LogP contribution < -0.4 is 0 Å². The average Bonchev–Trinajstić information content (AvgIpc) is 1.95. The van der Waals surface area contributed by atoms with Gasteiger partial charge in [-0.15, -0.1) is 0 Å². The molecule has 0 spiro atoms. The average molecular weight is 186 g/mol. The number of quaternary nitrogens is 1. The highest BCUT2D eigenvalue weighted by atomic mass is 16.4. The van der Waals surface area contributed by atoms with E-state index in [0.29, 0.717) is 5.57 Å². The molecule has 0 aromatic heterocycles. The molecular formula is C10H20NO2+. The van der Waals surface area contributed by atoms with Gasteiger partial charge in [-0.3, -0.25) is 0 Å². The van der Waals surface area contributed by atoms with Crippen LogP contribution in [0.15, 0.2) is 11.6 Å². The lowest BCUT2D eigenvalue weighted by molar-refractivity contribution is -0.870. The highest BCUT2D eigenvalue weighted by Gasteiger charge is 2.05. The van der Waals surface area contributed by atoms with Gasteiger partial charge in [0.05, 0.1) is 27.7 Å². The van der Waals surface area contributed by atoms with Crippen LogP contribution in [0.1, 0.15) is 19.8 Å². The summed E-state index contributed by atoms with van der Waals surface area (Å²) in [6, 6.07) is 0. The predicted molar refractivity (Wildman–Crippen MR) is 53.5 cm³/mol. The van der Waals surface area contributed by atoms with Gasteiger partial charge in [0.2, 0.25) is 0 Å². The monoisotopic (exact) mass is 186 g/mol. The van der Waals surface area contributed by atoms with Crippen LogP contribution in [0.2, 0.25) is 0 Å². The highest BCUT2D eigenvalue weighted by Crippen LogP contribution is 2.01. The quantitative estimate of drug-likeness (QED) is 0.401. The van der Waals surface area contributed by atoms with E-state index in [1.54, 1.807) is 13.0 Å². The Balaban J connectivity index is 3.68. The number of carbonyl (C=O) groups is 1. The zero-order valence-corrected chi connectivity index (χ0v) is 9.00. The molecule has 1 N–H and O–H groups in total. The highest BCUT2D eigenvalue weighted by molar-refractivity contribution is 5.85. The van der Waals surface area contributed by atoms with Gasteiger partial charge in [-0.25, -0.2) is 4.79 Å². The summed E-state index contributed by atoms with van der Waals surface area (Å²) in [4.78, 5) is 10.4. The second-order valence-electron chi connectivity index (χ2n) is 4.35. The Morgan fingerprint density at radius 3 is 2.31 bits per heavy atom. The standard InChI is InChI=1S/C10H19NO2/c1-9(10(12)13)7-5-6-8-11(2,3)4/h7H,5-6,8H2,1-4H3/p+1. The van der Waals surface area contributed by atoms with Crippen LogP contribution in [0.25, 0.3) is 0 Å². The van der Waals surface area contributed by atoms with Crippen molar-refractivity contribution in [1.29, 1.82) is 0 Å². The van der Waals surface area contributed by atoms with E-state index in [-0.39, 0.29) is 0 Å². The fourth-order valence-corrected chi connectivity index (χ4v) is 0.972. The van der Waals surface area contributed by atoms with Gasteiger partial charge in [0.1, 0.15) is 0 Å². The Hall–Kier alpha value is -0.830. The number of allylic oxidation sites excluding steroid dienone is 1. The zero-order chi connectivity index (χ0) is 10.5. The van der Waals surface area contributed by atoms with Gasteiger partial charge >= 0.3 is 5.97 Å². The number of rotatable bonds is 5. The van der Waals surface area contributed by atoms with Crippen molar-refractivity contribution in [1.82, 2.24) is 0 Å². The summed E-state index contributed by atoms with van der Waals surface area (Å²) in [7, 11) is 6.40. The van der Waals surface area contributed by atoms with E-state index >= 15 is 0 Å². The molecule has 0 saturated heterocycles. The molecule has 0 rings (SSSR count). The van der Waals surface area contributed by atoms with Crippen molar-refractivity contribution in [2.75, 3.05) is 27.7 Å². The molecule has 0 fully saturated rings. The normalized spacial score (nSPS) is 13.1. The minimum Gasteiger partial charge on any atom is -0.478 e. The van der Waals surface area contributed by atoms with E-state index in [2.05, 4.69) is 21.1 Å². The molecule has 0 unspecified atom stereocenters. The maximum absolute atomic E-state index is 10.4. The van der Waals surface area contributed by atoms with Crippen LogP contribution >= 0.6 is 0 Å². The van der Waals surface area contributed by atoms with E-state index in [9.17, 15) is 4.79 Å². The second-order valence-corrected chi connectivity index (χ2v) is 4.35. The summed E-state index contributed by atoms with van der Waals surface area (Å²) >= 11 is 0. The Morgan fingerprint density at radius 1 is 1.38 bits per heavy atom. The van der Waals surface area contributed by atoms with E-state index < -0.39 is 5.97 Å². The van der Waals surface area contributed by atoms with Crippen molar-refractivity contribution in [3.05, 3.63) is 11.6 Å². The fourth-order valence-electron chi connectivity index (χ4n) is 0.972. The Bertz CT molecular complexity index is 201. The summed E-state index contributed by atoms with van der Waals surface area (Å²) in [6.45, 7) is 2.71. The molecule has 0 radical (unpaired) electrons. The fraction of sp³-hybridized carbons (Fsp3) is 0.700. The second kappa shape index (κ2) is 5.02. The van der Waals surface area contributed by atoms with Crippen LogP contribution in [0.4, 0.5) is 0 Å². The molecule has 0 amide bonds. The van der Waals surface area contributed by atoms with Crippen molar-refractivity contribution in [3.8, 4) is 0 Å². The first-order chi connectivity index (χ1) is 5.83. The maximum atomic E-state index is 10.4. The van der Waals surface area contributed by atoms with Gasteiger partial charge in [0.15, 0.2) is 0 Å². The first-order valence-corrected chi connectivity index (χ1v) is 4.53. The lowest BCUT2D eigenvalue weighted by atomic mass is 10.2. The van der Waals surface area contributed by atoms with Crippen LogP contribution in [-0.4, -0.2) is 43.2 Å².